The molecule has 0 aliphatic carbocycles. The van der Waals surface area contributed by atoms with Crippen molar-refractivity contribution in [2.24, 2.45) is 0 Å². The summed E-state index contributed by atoms with van der Waals surface area (Å²) in [4.78, 5) is 17.3. The second kappa shape index (κ2) is 8.71. The van der Waals surface area contributed by atoms with Crippen molar-refractivity contribution in [3.8, 4) is 10.9 Å². The lowest BCUT2D eigenvalue weighted by Gasteiger charge is -2.07. The number of aromatic nitrogens is 3. The van der Waals surface area contributed by atoms with Gasteiger partial charge < -0.3 is 10.1 Å². The van der Waals surface area contributed by atoms with E-state index in [1.807, 2.05) is 32.0 Å². The number of carbonyl (C=O) groups is 1. The number of nitrogens with zero attached hydrogens (tertiary/aromatic N) is 3. The van der Waals surface area contributed by atoms with Gasteiger partial charge in [-0.05, 0) is 38.1 Å². The van der Waals surface area contributed by atoms with Crippen molar-refractivity contribution >= 4 is 43.1 Å². The maximum Gasteiger partial charge on any atom is 0.226 e. The molecule has 0 bridgehead atoms. The number of sulfone groups is 1. The summed E-state index contributed by atoms with van der Waals surface area (Å²) in [5.41, 5.74) is 2.43. The lowest BCUT2D eigenvalue weighted by Crippen LogP contribution is -2.19. The Hall–Kier alpha value is -3.24. The average molecular weight is 471 g/mol. The Labute approximate surface area is 189 Å². The Morgan fingerprint density at radius 2 is 1.88 bits per heavy atom. The number of thiazole rings is 1. The summed E-state index contributed by atoms with van der Waals surface area (Å²) in [6.07, 6.45) is -0.169. The lowest BCUT2D eigenvalue weighted by atomic mass is 10.2. The van der Waals surface area contributed by atoms with E-state index in [0.29, 0.717) is 22.4 Å². The van der Waals surface area contributed by atoms with Gasteiger partial charge in [0.1, 0.15) is 11.6 Å². The molecule has 0 saturated carbocycles. The third-order valence-corrected chi connectivity index (χ3v) is 7.59. The third kappa shape index (κ3) is 4.66. The topological polar surface area (TPSA) is 103 Å². The first-order valence-electron chi connectivity index (χ1n) is 9.86. The minimum atomic E-state index is -3.55. The highest BCUT2D eigenvalue weighted by Gasteiger charge is 2.19. The first-order chi connectivity index (χ1) is 15.2. The number of rotatable bonds is 7. The highest BCUT2D eigenvalue weighted by molar-refractivity contribution is 7.91. The standard InChI is InChI=1S/C22H22N4O4S2/c1-14-4-7-17(8-5-14)32(28,29)11-10-21(27)24-20-12-15(2)25-26(20)22-23-18-13-16(30-3)6-9-19(18)31-22/h4-9,12-13H,10-11H2,1-3H3,(H,24,27). The number of ether oxygens (including phenoxy) is 1. The molecule has 32 heavy (non-hydrogen) atoms. The quantitative estimate of drug-likeness (QED) is 0.439. The van der Waals surface area contributed by atoms with E-state index in [4.69, 9.17) is 4.74 Å². The van der Waals surface area contributed by atoms with Crippen LogP contribution in [0.1, 0.15) is 17.7 Å². The van der Waals surface area contributed by atoms with Crippen molar-refractivity contribution in [1.29, 1.82) is 0 Å². The van der Waals surface area contributed by atoms with Gasteiger partial charge >= 0.3 is 0 Å². The first kappa shape index (κ1) is 22.0. The normalized spacial score (nSPS) is 11.6. The number of aryl methyl sites for hydroxylation is 2. The van der Waals surface area contributed by atoms with Crippen LogP contribution in [0, 0.1) is 13.8 Å². The Morgan fingerprint density at radius 3 is 2.59 bits per heavy atom. The summed E-state index contributed by atoms with van der Waals surface area (Å²) in [6, 6.07) is 13.9. The molecule has 4 aromatic rings. The maximum absolute atomic E-state index is 12.5. The first-order valence-corrected chi connectivity index (χ1v) is 12.3. The third-order valence-electron chi connectivity index (χ3n) is 4.84. The predicted octanol–water partition coefficient (Wildman–Crippen LogP) is 3.91. The molecule has 0 unspecified atom stereocenters. The smallest absolute Gasteiger partial charge is 0.226 e. The molecule has 166 valence electrons. The number of nitrogens with one attached hydrogen (secondary N) is 1. The molecule has 0 aliphatic rings. The van der Waals surface area contributed by atoms with Crippen LogP contribution in [0.4, 0.5) is 5.82 Å². The molecule has 0 atom stereocenters. The summed E-state index contributed by atoms with van der Waals surface area (Å²) in [6.45, 7) is 3.70. The molecule has 0 radical (unpaired) electrons. The van der Waals surface area contributed by atoms with Gasteiger partial charge in [0.2, 0.25) is 11.0 Å². The number of hydrogen-bond donors (Lipinski definition) is 1. The molecule has 2 aromatic carbocycles. The molecule has 0 saturated heterocycles. The van der Waals surface area contributed by atoms with Gasteiger partial charge in [-0.3, -0.25) is 4.79 Å². The zero-order valence-electron chi connectivity index (χ0n) is 17.8. The number of carbonyl (C=O) groups excluding carboxylic acids is 1. The van der Waals surface area contributed by atoms with Gasteiger partial charge in [0, 0.05) is 18.6 Å². The van der Waals surface area contributed by atoms with E-state index in [1.54, 1.807) is 42.1 Å². The minimum Gasteiger partial charge on any atom is -0.497 e. The van der Waals surface area contributed by atoms with Gasteiger partial charge in [0.15, 0.2) is 9.84 Å². The molecule has 0 fully saturated rings. The number of amides is 1. The molecule has 4 rings (SSSR count). The van der Waals surface area contributed by atoms with Crippen LogP contribution in [0.25, 0.3) is 15.3 Å². The van der Waals surface area contributed by atoms with Crippen molar-refractivity contribution in [2.45, 2.75) is 25.2 Å². The molecular weight excluding hydrogens is 448 g/mol. The summed E-state index contributed by atoms with van der Waals surface area (Å²) >= 11 is 1.43. The fourth-order valence-electron chi connectivity index (χ4n) is 3.14. The van der Waals surface area contributed by atoms with Gasteiger partial charge in [0.05, 0.1) is 33.7 Å². The van der Waals surface area contributed by atoms with E-state index in [1.165, 1.54) is 11.3 Å². The van der Waals surface area contributed by atoms with Crippen LogP contribution in [0.2, 0.25) is 0 Å². The molecule has 10 heteroatoms. The van der Waals surface area contributed by atoms with Crippen molar-refractivity contribution in [2.75, 3.05) is 18.2 Å². The van der Waals surface area contributed by atoms with Gasteiger partial charge in [-0.2, -0.15) is 9.78 Å². The van der Waals surface area contributed by atoms with Gasteiger partial charge in [-0.15, -0.1) is 0 Å². The van der Waals surface area contributed by atoms with Crippen LogP contribution in [-0.4, -0.2) is 42.0 Å². The number of benzene rings is 2. The number of hydrogen-bond acceptors (Lipinski definition) is 7. The fraction of sp³-hybridized carbons (Fsp3) is 0.227. The number of anilines is 1. The second-order valence-electron chi connectivity index (χ2n) is 7.34. The Balaban J connectivity index is 1.50. The van der Waals surface area contributed by atoms with Gasteiger partial charge in [0.25, 0.3) is 0 Å². The highest BCUT2D eigenvalue weighted by Crippen LogP contribution is 2.29. The Bertz CT molecular complexity index is 1390. The van der Waals surface area contributed by atoms with E-state index in [0.717, 1.165) is 15.8 Å². The van der Waals surface area contributed by atoms with Gasteiger partial charge in [-0.25, -0.2) is 13.4 Å². The van der Waals surface area contributed by atoms with E-state index < -0.39 is 15.7 Å². The van der Waals surface area contributed by atoms with Crippen LogP contribution in [0.3, 0.4) is 0 Å². The maximum atomic E-state index is 12.5. The average Bonchev–Trinajstić information content (AvgIpc) is 3.34. The monoisotopic (exact) mass is 470 g/mol. The van der Waals surface area contributed by atoms with E-state index >= 15 is 0 Å². The molecule has 0 aliphatic heterocycles. The summed E-state index contributed by atoms with van der Waals surface area (Å²) in [5.74, 6) is 0.445. The SMILES string of the molecule is COc1ccc2sc(-n3nc(C)cc3NC(=O)CCS(=O)(=O)c3ccc(C)cc3)nc2c1. The molecule has 1 amide bonds. The lowest BCUT2D eigenvalue weighted by molar-refractivity contribution is -0.115. The van der Waals surface area contributed by atoms with E-state index in [-0.39, 0.29) is 17.1 Å². The largest absolute Gasteiger partial charge is 0.497 e. The van der Waals surface area contributed by atoms with Crippen LogP contribution in [0.15, 0.2) is 53.4 Å². The highest BCUT2D eigenvalue weighted by atomic mass is 32.2. The molecular formula is C22H22N4O4S2. The Morgan fingerprint density at radius 1 is 1.12 bits per heavy atom. The van der Waals surface area contributed by atoms with Crippen LogP contribution >= 0.6 is 11.3 Å². The molecule has 1 N–H and O–H groups in total. The van der Waals surface area contributed by atoms with Crippen molar-refractivity contribution < 1.29 is 17.9 Å². The minimum absolute atomic E-state index is 0.169. The zero-order valence-corrected chi connectivity index (χ0v) is 19.5. The van der Waals surface area contributed by atoms with Crippen LogP contribution < -0.4 is 10.1 Å². The Kier molecular flexibility index (Phi) is 5.98. The summed E-state index contributed by atoms with van der Waals surface area (Å²) in [7, 11) is -1.96. The fourth-order valence-corrected chi connectivity index (χ4v) is 5.29. The molecule has 2 aromatic heterocycles. The number of methoxy groups -OCH3 is 1. The zero-order chi connectivity index (χ0) is 22.9. The number of fused-ring (bicyclic) bond motifs is 1. The van der Waals surface area contributed by atoms with Crippen molar-refractivity contribution in [3.05, 3.63) is 59.8 Å². The summed E-state index contributed by atoms with van der Waals surface area (Å²) < 4.78 is 32.8. The molecule has 2 heterocycles. The van der Waals surface area contributed by atoms with Crippen LogP contribution in [0.5, 0.6) is 5.75 Å². The van der Waals surface area contributed by atoms with Crippen molar-refractivity contribution in [3.63, 3.8) is 0 Å². The van der Waals surface area contributed by atoms with E-state index in [2.05, 4.69) is 15.4 Å². The van der Waals surface area contributed by atoms with Gasteiger partial charge in [-0.1, -0.05) is 29.0 Å². The predicted molar refractivity (Wildman–Crippen MR) is 125 cm³/mol. The van der Waals surface area contributed by atoms with E-state index in [9.17, 15) is 13.2 Å². The molecule has 0 spiro atoms. The van der Waals surface area contributed by atoms with Crippen molar-refractivity contribution in [1.82, 2.24) is 14.8 Å². The second-order valence-corrected chi connectivity index (χ2v) is 10.5. The summed E-state index contributed by atoms with van der Waals surface area (Å²) in [5, 5.41) is 7.79. The van der Waals surface area contributed by atoms with Crippen LogP contribution in [-0.2, 0) is 14.6 Å². The molecule has 8 nitrogen and oxygen atoms in total.